The molecule has 3 atom stereocenters. The van der Waals surface area contributed by atoms with Crippen LogP contribution in [0.15, 0.2) is 42.6 Å². The second-order valence-corrected chi connectivity index (χ2v) is 11.2. The summed E-state index contributed by atoms with van der Waals surface area (Å²) in [5.74, 6) is -0.188. The maximum Gasteiger partial charge on any atom is 0.431 e. The Morgan fingerprint density at radius 2 is 1.67 bits per heavy atom. The molecule has 1 saturated heterocycles. The van der Waals surface area contributed by atoms with Crippen molar-refractivity contribution in [2.75, 3.05) is 6.61 Å². The van der Waals surface area contributed by atoms with Crippen LogP contribution in [0, 0.1) is 0 Å². The van der Waals surface area contributed by atoms with Crippen LogP contribution in [0.3, 0.4) is 0 Å². The zero-order chi connectivity index (χ0) is 28.4. The number of pyridine rings is 1. The highest BCUT2D eigenvalue weighted by Crippen LogP contribution is 2.45. The molecular weight excluding hydrogens is 528 g/mol. The van der Waals surface area contributed by atoms with Gasteiger partial charge in [0.25, 0.3) is 0 Å². The fourth-order valence-electron chi connectivity index (χ4n) is 5.82. The van der Waals surface area contributed by atoms with E-state index in [-0.39, 0.29) is 42.8 Å². The van der Waals surface area contributed by atoms with Gasteiger partial charge in [-0.05, 0) is 57.2 Å². The summed E-state index contributed by atoms with van der Waals surface area (Å²) < 4.78 is 87.3. The first kappa shape index (κ1) is 27.7. The number of ether oxygens (including phenoxy) is 1. The van der Waals surface area contributed by atoms with E-state index in [4.69, 9.17) is 4.74 Å². The van der Waals surface area contributed by atoms with Gasteiger partial charge in [-0.15, -0.1) is 0 Å². The quantitative estimate of drug-likeness (QED) is 0.366. The van der Waals surface area contributed by atoms with Crippen LogP contribution in [0.5, 0.6) is 5.75 Å². The van der Waals surface area contributed by atoms with Crippen LogP contribution in [0.25, 0.3) is 5.65 Å². The van der Waals surface area contributed by atoms with Gasteiger partial charge in [0, 0.05) is 36.3 Å². The maximum absolute atomic E-state index is 13.9. The van der Waals surface area contributed by atoms with E-state index in [1.807, 2.05) is 0 Å². The molecule has 39 heavy (non-hydrogen) atoms. The maximum atomic E-state index is 13.9. The van der Waals surface area contributed by atoms with E-state index in [1.165, 1.54) is 24.4 Å². The standard InChI is InChI=1S/C27H29F6N3O3/c1-15-9-25(38,17-3-5-18(6-4-17)26(28,29)30)12-19(34-15)14-39-20-7-22(27(31,32)33)36-13-21(35-23(36)8-20)16-10-24(2,37)11-16/h3-8,13,15-16,19,34,37-38H,9-12,14H2,1-2H3/t15-,16?,19-,24?,25-/m0/s1. The van der Waals surface area contributed by atoms with Crippen molar-refractivity contribution in [1.82, 2.24) is 14.7 Å². The van der Waals surface area contributed by atoms with Crippen molar-refractivity contribution in [1.29, 1.82) is 0 Å². The number of halogens is 6. The molecule has 1 aliphatic heterocycles. The predicted octanol–water partition coefficient (Wildman–Crippen LogP) is 5.41. The largest absolute Gasteiger partial charge is 0.492 e. The van der Waals surface area contributed by atoms with E-state index in [0.717, 1.165) is 22.6 Å². The molecule has 3 aromatic rings. The highest BCUT2D eigenvalue weighted by Gasteiger charge is 2.42. The second kappa shape index (κ2) is 9.38. The van der Waals surface area contributed by atoms with Crippen molar-refractivity contribution in [2.24, 2.45) is 0 Å². The molecule has 0 bridgehead atoms. The van der Waals surface area contributed by atoms with E-state index in [0.29, 0.717) is 24.1 Å². The van der Waals surface area contributed by atoms with Gasteiger partial charge >= 0.3 is 12.4 Å². The lowest BCUT2D eigenvalue weighted by Crippen LogP contribution is -2.53. The Kier molecular flexibility index (Phi) is 6.67. The topological polar surface area (TPSA) is 79.0 Å². The average Bonchev–Trinajstić information content (AvgIpc) is 3.22. The first-order valence-corrected chi connectivity index (χ1v) is 12.6. The third-order valence-corrected chi connectivity index (χ3v) is 7.59. The van der Waals surface area contributed by atoms with Gasteiger partial charge in [-0.2, -0.15) is 26.3 Å². The molecule has 0 spiro atoms. The minimum absolute atomic E-state index is 0.0503. The monoisotopic (exact) mass is 557 g/mol. The molecule has 3 N–H and O–H groups in total. The van der Waals surface area contributed by atoms with E-state index in [9.17, 15) is 36.6 Å². The van der Waals surface area contributed by atoms with Crippen molar-refractivity contribution < 1.29 is 41.3 Å². The lowest BCUT2D eigenvalue weighted by molar-refractivity contribution is -0.142. The molecular formula is C27H29F6N3O3. The van der Waals surface area contributed by atoms with E-state index in [2.05, 4.69) is 10.3 Å². The number of imidazole rings is 1. The van der Waals surface area contributed by atoms with E-state index < -0.39 is 40.9 Å². The third-order valence-electron chi connectivity index (χ3n) is 7.59. The Morgan fingerprint density at radius 1 is 1.00 bits per heavy atom. The molecule has 212 valence electrons. The van der Waals surface area contributed by atoms with Crippen molar-refractivity contribution >= 4 is 5.65 Å². The third kappa shape index (κ3) is 5.73. The number of hydrogen-bond acceptors (Lipinski definition) is 5. The van der Waals surface area contributed by atoms with Crippen molar-refractivity contribution in [3.63, 3.8) is 0 Å². The van der Waals surface area contributed by atoms with Crippen LogP contribution in [-0.2, 0) is 18.0 Å². The number of fused-ring (bicyclic) bond motifs is 1. The van der Waals surface area contributed by atoms with Crippen LogP contribution in [0.2, 0.25) is 0 Å². The molecule has 5 rings (SSSR count). The molecule has 1 aromatic carbocycles. The zero-order valence-corrected chi connectivity index (χ0v) is 21.3. The minimum Gasteiger partial charge on any atom is -0.492 e. The highest BCUT2D eigenvalue weighted by molar-refractivity contribution is 5.49. The van der Waals surface area contributed by atoms with Crippen molar-refractivity contribution in [2.45, 2.75) is 81.1 Å². The van der Waals surface area contributed by atoms with Gasteiger partial charge in [0.05, 0.1) is 22.5 Å². The first-order valence-electron chi connectivity index (χ1n) is 12.6. The molecule has 12 heteroatoms. The zero-order valence-electron chi connectivity index (χ0n) is 21.3. The Hall–Kier alpha value is -2.83. The lowest BCUT2D eigenvalue weighted by atomic mass is 9.71. The number of piperidine rings is 1. The molecule has 2 fully saturated rings. The molecule has 0 unspecified atom stereocenters. The number of benzene rings is 1. The Morgan fingerprint density at radius 3 is 2.26 bits per heavy atom. The van der Waals surface area contributed by atoms with Crippen LogP contribution >= 0.6 is 0 Å². The number of hydrogen-bond donors (Lipinski definition) is 3. The smallest absolute Gasteiger partial charge is 0.431 e. The number of nitrogens with zero attached hydrogens (tertiary/aromatic N) is 2. The molecule has 2 aromatic heterocycles. The molecule has 6 nitrogen and oxygen atoms in total. The van der Waals surface area contributed by atoms with Crippen LogP contribution < -0.4 is 10.1 Å². The van der Waals surface area contributed by atoms with Crippen LogP contribution in [-0.4, -0.2) is 43.9 Å². The fourth-order valence-corrected chi connectivity index (χ4v) is 5.82. The van der Waals surface area contributed by atoms with Gasteiger partial charge < -0.3 is 20.3 Å². The Labute approximate surface area is 220 Å². The van der Waals surface area contributed by atoms with Gasteiger partial charge in [0.1, 0.15) is 23.7 Å². The van der Waals surface area contributed by atoms with Gasteiger partial charge in [-0.3, -0.25) is 4.40 Å². The minimum atomic E-state index is -4.68. The molecule has 1 saturated carbocycles. The summed E-state index contributed by atoms with van der Waals surface area (Å²) >= 11 is 0. The summed E-state index contributed by atoms with van der Waals surface area (Å²) in [4.78, 5) is 4.37. The van der Waals surface area contributed by atoms with Crippen molar-refractivity contribution in [3.05, 3.63) is 65.1 Å². The van der Waals surface area contributed by atoms with E-state index in [1.54, 1.807) is 13.8 Å². The van der Waals surface area contributed by atoms with Gasteiger partial charge in [0.2, 0.25) is 0 Å². The van der Waals surface area contributed by atoms with E-state index >= 15 is 0 Å². The molecule has 2 aliphatic rings. The SMILES string of the molecule is C[C@H]1C[C@@](O)(c2ccc(C(F)(F)F)cc2)C[C@@H](COc2cc(C(F)(F)F)n3cc(C4CC(C)(O)C4)nc3c2)N1. The number of rotatable bonds is 5. The highest BCUT2D eigenvalue weighted by atomic mass is 19.4. The normalized spacial score (nSPS) is 29.8. The predicted molar refractivity (Wildman–Crippen MR) is 129 cm³/mol. The molecule has 1 aliphatic carbocycles. The molecule has 3 heterocycles. The lowest BCUT2D eigenvalue weighted by Gasteiger charge is -2.41. The fraction of sp³-hybridized carbons (Fsp3) is 0.519. The average molecular weight is 558 g/mol. The summed E-state index contributed by atoms with van der Waals surface area (Å²) in [6.07, 6.45) is -6.68. The summed E-state index contributed by atoms with van der Waals surface area (Å²) in [6, 6.07) is 5.92. The summed E-state index contributed by atoms with van der Waals surface area (Å²) in [5.41, 5.74) is -3.21. The molecule has 0 amide bonds. The second-order valence-electron chi connectivity index (χ2n) is 11.2. The van der Waals surface area contributed by atoms with Gasteiger partial charge in [-0.25, -0.2) is 4.98 Å². The summed E-state index contributed by atoms with van der Waals surface area (Å²) in [7, 11) is 0. The number of aromatic nitrogens is 2. The van der Waals surface area contributed by atoms with Gasteiger partial charge in [-0.1, -0.05) is 12.1 Å². The van der Waals surface area contributed by atoms with Crippen LogP contribution in [0.1, 0.15) is 68.0 Å². The molecule has 0 radical (unpaired) electrons. The number of alkyl halides is 6. The van der Waals surface area contributed by atoms with Crippen LogP contribution in [0.4, 0.5) is 26.3 Å². The van der Waals surface area contributed by atoms with Crippen molar-refractivity contribution in [3.8, 4) is 5.75 Å². The Bertz CT molecular complexity index is 1340. The number of aliphatic hydroxyl groups is 2. The summed E-state index contributed by atoms with van der Waals surface area (Å²) in [6.45, 7) is 3.39. The first-order chi connectivity index (χ1) is 18.0. The number of nitrogens with one attached hydrogen (secondary N) is 1. The van der Waals surface area contributed by atoms with Gasteiger partial charge in [0.15, 0.2) is 0 Å². The Balaban J connectivity index is 1.34. The summed E-state index contributed by atoms with van der Waals surface area (Å²) in [5, 5.41) is 24.6.